The van der Waals surface area contributed by atoms with Gasteiger partial charge >= 0.3 is 0 Å². The van der Waals surface area contributed by atoms with Crippen LogP contribution in [-0.2, 0) is 16.0 Å². The molecule has 0 unspecified atom stereocenters. The van der Waals surface area contributed by atoms with Gasteiger partial charge < -0.3 is 9.42 Å². The van der Waals surface area contributed by atoms with Crippen molar-refractivity contribution in [3.63, 3.8) is 0 Å². The molecule has 1 aliphatic heterocycles. The molecule has 0 aromatic carbocycles. The van der Waals surface area contributed by atoms with E-state index < -0.39 is 0 Å². The Balaban J connectivity index is 1.88. The van der Waals surface area contributed by atoms with Crippen LogP contribution in [0.25, 0.3) is 0 Å². The zero-order chi connectivity index (χ0) is 10.8. The molecule has 2 rings (SSSR count). The summed E-state index contributed by atoms with van der Waals surface area (Å²) < 4.78 is 4.80. The third-order valence-corrected chi connectivity index (χ3v) is 2.24. The van der Waals surface area contributed by atoms with E-state index in [0.29, 0.717) is 24.7 Å². The van der Waals surface area contributed by atoms with Crippen molar-refractivity contribution in [2.75, 3.05) is 13.1 Å². The lowest BCUT2D eigenvalue weighted by atomic mass is 10.3. The number of amides is 1. The molecule has 0 radical (unpaired) electrons. The molecule has 0 atom stereocenters. The zero-order valence-corrected chi connectivity index (χ0v) is 8.39. The van der Waals surface area contributed by atoms with Crippen LogP contribution in [-0.4, -0.2) is 39.8 Å². The van der Waals surface area contributed by atoms with Crippen LogP contribution in [0, 0.1) is 6.92 Å². The van der Waals surface area contributed by atoms with Crippen molar-refractivity contribution in [1.29, 1.82) is 0 Å². The number of likely N-dealkylation sites (tertiary alicyclic amines) is 1. The highest BCUT2D eigenvalue weighted by atomic mass is 16.5. The number of rotatable bonds is 3. The molecule has 15 heavy (non-hydrogen) atoms. The molecular formula is C9H11N3O3. The molecule has 1 fully saturated rings. The zero-order valence-electron chi connectivity index (χ0n) is 8.39. The summed E-state index contributed by atoms with van der Waals surface area (Å²) in [7, 11) is 0. The fraction of sp³-hybridized carbons (Fsp3) is 0.556. The molecule has 0 aliphatic carbocycles. The van der Waals surface area contributed by atoms with E-state index in [1.807, 2.05) is 0 Å². The molecule has 0 N–H and O–H groups in total. The Hall–Kier alpha value is -1.72. The van der Waals surface area contributed by atoms with Crippen molar-refractivity contribution in [2.45, 2.75) is 19.8 Å². The summed E-state index contributed by atoms with van der Waals surface area (Å²) in [5, 5.41) is 3.71. The maximum atomic E-state index is 11.3. The van der Waals surface area contributed by atoms with Gasteiger partial charge in [0.2, 0.25) is 11.8 Å². The highest BCUT2D eigenvalue weighted by Gasteiger charge is 2.26. The third-order valence-electron chi connectivity index (χ3n) is 2.24. The Labute approximate surface area is 86.2 Å². The van der Waals surface area contributed by atoms with Crippen LogP contribution in [0.4, 0.5) is 0 Å². The van der Waals surface area contributed by atoms with Gasteiger partial charge in [-0.25, -0.2) is 0 Å². The largest absolute Gasteiger partial charge is 0.340 e. The van der Waals surface area contributed by atoms with Crippen LogP contribution in [0.15, 0.2) is 4.52 Å². The number of aryl methyl sites for hydroxylation is 1. The first kappa shape index (κ1) is 9.82. The highest BCUT2D eigenvalue weighted by Crippen LogP contribution is 2.07. The van der Waals surface area contributed by atoms with Crippen LogP contribution in [0.3, 0.4) is 0 Å². The summed E-state index contributed by atoms with van der Waals surface area (Å²) in [4.78, 5) is 27.8. The average Bonchev–Trinajstić information content (AvgIpc) is 2.70. The van der Waals surface area contributed by atoms with Gasteiger partial charge in [0.15, 0.2) is 11.6 Å². The molecule has 80 valence electrons. The lowest BCUT2D eigenvalue weighted by Gasteiger charge is -2.12. The predicted molar refractivity (Wildman–Crippen MR) is 48.9 cm³/mol. The Bertz CT molecular complexity index is 399. The van der Waals surface area contributed by atoms with Gasteiger partial charge in [-0.05, 0) is 0 Å². The molecule has 0 spiro atoms. The Kier molecular flexibility index (Phi) is 2.49. The third kappa shape index (κ3) is 2.20. The summed E-state index contributed by atoms with van der Waals surface area (Å²) in [6.45, 7) is 2.40. The minimum atomic E-state index is -0.111. The summed E-state index contributed by atoms with van der Waals surface area (Å²) >= 11 is 0. The number of hydrogen-bond acceptors (Lipinski definition) is 5. The second-order valence-corrected chi connectivity index (χ2v) is 3.51. The van der Waals surface area contributed by atoms with E-state index in [-0.39, 0.29) is 24.7 Å². The van der Waals surface area contributed by atoms with Gasteiger partial charge in [0.05, 0.1) is 13.0 Å². The minimum Gasteiger partial charge on any atom is -0.340 e. The van der Waals surface area contributed by atoms with Gasteiger partial charge in [-0.2, -0.15) is 4.98 Å². The second kappa shape index (κ2) is 3.80. The maximum absolute atomic E-state index is 11.3. The number of nitrogens with zero attached hydrogens (tertiary/aromatic N) is 3. The van der Waals surface area contributed by atoms with Gasteiger partial charge in [-0.15, -0.1) is 0 Å². The van der Waals surface area contributed by atoms with E-state index in [9.17, 15) is 9.59 Å². The van der Waals surface area contributed by atoms with E-state index in [0.717, 1.165) is 0 Å². The van der Waals surface area contributed by atoms with Crippen molar-refractivity contribution >= 4 is 11.7 Å². The number of hydrogen-bond donors (Lipinski definition) is 0. The highest BCUT2D eigenvalue weighted by molar-refractivity contribution is 6.05. The Morgan fingerprint density at radius 3 is 2.80 bits per heavy atom. The maximum Gasteiger partial charge on any atom is 0.230 e. The summed E-state index contributed by atoms with van der Waals surface area (Å²) in [5.74, 6) is 0.943. The molecule has 0 saturated carbocycles. The first-order chi connectivity index (χ1) is 7.15. The van der Waals surface area contributed by atoms with Crippen molar-refractivity contribution in [1.82, 2.24) is 15.0 Å². The Morgan fingerprint density at radius 1 is 1.47 bits per heavy atom. The SMILES string of the molecule is Cc1nc(CCN2CC(=O)CC2=O)no1. The lowest BCUT2D eigenvalue weighted by molar-refractivity contribution is -0.127. The van der Waals surface area contributed by atoms with E-state index in [2.05, 4.69) is 10.1 Å². The van der Waals surface area contributed by atoms with Gasteiger partial charge in [-0.1, -0.05) is 5.16 Å². The van der Waals surface area contributed by atoms with Crippen LogP contribution in [0.1, 0.15) is 18.1 Å². The average molecular weight is 209 g/mol. The molecule has 2 heterocycles. The normalized spacial score (nSPS) is 16.5. The van der Waals surface area contributed by atoms with Crippen LogP contribution in [0.2, 0.25) is 0 Å². The molecule has 6 nitrogen and oxygen atoms in total. The fourth-order valence-corrected chi connectivity index (χ4v) is 1.52. The van der Waals surface area contributed by atoms with Crippen molar-refractivity contribution < 1.29 is 14.1 Å². The molecular weight excluding hydrogens is 198 g/mol. The van der Waals surface area contributed by atoms with Gasteiger partial charge in [-0.3, -0.25) is 9.59 Å². The molecule has 1 aromatic rings. The molecule has 6 heteroatoms. The summed E-state index contributed by atoms with van der Waals surface area (Å²) in [6.07, 6.45) is 0.557. The van der Waals surface area contributed by atoms with Gasteiger partial charge in [0, 0.05) is 19.9 Å². The minimum absolute atomic E-state index is 0.0238. The van der Waals surface area contributed by atoms with Gasteiger partial charge in [0.25, 0.3) is 0 Å². The first-order valence-corrected chi connectivity index (χ1v) is 4.74. The smallest absolute Gasteiger partial charge is 0.230 e. The van der Waals surface area contributed by atoms with Crippen LogP contribution >= 0.6 is 0 Å². The molecule has 0 bridgehead atoms. The summed E-state index contributed by atoms with van der Waals surface area (Å²) in [5.41, 5.74) is 0. The second-order valence-electron chi connectivity index (χ2n) is 3.51. The molecule has 1 amide bonds. The van der Waals surface area contributed by atoms with Gasteiger partial charge in [0.1, 0.15) is 0 Å². The molecule has 1 saturated heterocycles. The Morgan fingerprint density at radius 2 is 2.27 bits per heavy atom. The monoisotopic (exact) mass is 209 g/mol. The number of aromatic nitrogens is 2. The number of carbonyl (C=O) groups excluding carboxylic acids is 2. The van der Waals surface area contributed by atoms with Crippen LogP contribution < -0.4 is 0 Å². The number of carbonyl (C=O) groups is 2. The van der Waals surface area contributed by atoms with E-state index in [1.165, 1.54) is 4.90 Å². The topological polar surface area (TPSA) is 76.3 Å². The predicted octanol–water partition coefficient (Wildman–Crippen LogP) is -0.278. The van der Waals surface area contributed by atoms with E-state index >= 15 is 0 Å². The molecule has 1 aliphatic rings. The molecule has 1 aromatic heterocycles. The first-order valence-electron chi connectivity index (χ1n) is 4.74. The lowest BCUT2D eigenvalue weighted by Crippen LogP contribution is -2.27. The number of Topliss-reactive ketones (excluding diaryl/α,β-unsaturated/α-hetero) is 1. The van der Waals surface area contributed by atoms with E-state index in [4.69, 9.17) is 4.52 Å². The van der Waals surface area contributed by atoms with Crippen molar-refractivity contribution in [2.24, 2.45) is 0 Å². The quantitative estimate of drug-likeness (QED) is 0.640. The fourth-order valence-electron chi connectivity index (χ4n) is 1.52. The summed E-state index contributed by atoms with van der Waals surface area (Å²) in [6, 6.07) is 0. The van der Waals surface area contributed by atoms with Crippen LogP contribution in [0.5, 0.6) is 0 Å². The number of ketones is 1. The van der Waals surface area contributed by atoms with E-state index in [1.54, 1.807) is 6.92 Å². The van der Waals surface area contributed by atoms with Crippen molar-refractivity contribution in [3.8, 4) is 0 Å². The standard InChI is InChI=1S/C9H11N3O3/c1-6-10-8(11-15-6)2-3-12-5-7(13)4-9(12)14/h2-5H2,1H3. The van der Waals surface area contributed by atoms with Crippen molar-refractivity contribution in [3.05, 3.63) is 11.7 Å².